The highest BCUT2D eigenvalue weighted by atomic mass is 35.6. The lowest BCUT2D eigenvalue weighted by Gasteiger charge is -2.20. The molecular weight excluding hydrogens is 293 g/mol. The van der Waals surface area contributed by atoms with Gasteiger partial charge in [-0.15, -0.1) is 0 Å². The van der Waals surface area contributed by atoms with Gasteiger partial charge in [0.2, 0.25) is 0 Å². The Bertz CT molecular complexity index is 518. The van der Waals surface area contributed by atoms with Gasteiger partial charge < -0.3 is 9.73 Å². The molecule has 98 valence electrons. The summed E-state index contributed by atoms with van der Waals surface area (Å²) in [5.41, 5.74) is 2.08. The third-order valence-electron chi connectivity index (χ3n) is 2.89. The van der Waals surface area contributed by atoms with Crippen molar-refractivity contribution in [2.45, 2.75) is 22.7 Å². The van der Waals surface area contributed by atoms with Crippen LogP contribution in [0.25, 0.3) is 11.0 Å². The van der Waals surface area contributed by atoms with Crippen molar-refractivity contribution >= 4 is 45.8 Å². The van der Waals surface area contributed by atoms with Gasteiger partial charge in [0.05, 0.1) is 6.26 Å². The molecule has 0 fully saturated rings. The van der Waals surface area contributed by atoms with Gasteiger partial charge in [0.1, 0.15) is 5.58 Å². The molecule has 0 saturated carbocycles. The van der Waals surface area contributed by atoms with Gasteiger partial charge in [-0.2, -0.15) is 0 Å². The molecule has 0 amide bonds. The molecule has 0 aliphatic carbocycles. The van der Waals surface area contributed by atoms with E-state index in [2.05, 4.69) is 11.4 Å². The van der Waals surface area contributed by atoms with E-state index in [-0.39, 0.29) is 6.04 Å². The van der Waals surface area contributed by atoms with E-state index >= 15 is 0 Å². The first-order chi connectivity index (χ1) is 8.48. The van der Waals surface area contributed by atoms with Crippen LogP contribution in [0.5, 0.6) is 0 Å². The molecule has 5 heteroatoms. The molecule has 0 aliphatic rings. The van der Waals surface area contributed by atoms with E-state index in [0.29, 0.717) is 6.42 Å². The number of alkyl halides is 3. The van der Waals surface area contributed by atoms with Crippen LogP contribution in [-0.4, -0.2) is 16.9 Å². The van der Waals surface area contributed by atoms with Crippen molar-refractivity contribution < 1.29 is 4.42 Å². The van der Waals surface area contributed by atoms with Crippen molar-refractivity contribution in [2.75, 3.05) is 7.05 Å². The van der Waals surface area contributed by atoms with Crippen LogP contribution in [0.2, 0.25) is 0 Å². The van der Waals surface area contributed by atoms with Crippen LogP contribution in [0.15, 0.2) is 34.9 Å². The first-order valence-corrected chi connectivity index (χ1v) is 6.81. The summed E-state index contributed by atoms with van der Waals surface area (Å²) in [4.78, 5) is 0. The van der Waals surface area contributed by atoms with Crippen molar-refractivity contribution in [3.63, 3.8) is 0 Å². The molecule has 1 heterocycles. The molecule has 0 radical (unpaired) electrons. The van der Waals surface area contributed by atoms with Gasteiger partial charge in [0.25, 0.3) is 0 Å². The highest BCUT2D eigenvalue weighted by molar-refractivity contribution is 6.67. The number of hydrogen-bond acceptors (Lipinski definition) is 2. The molecular formula is C13H14Cl3NO. The van der Waals surface area contributed by atoms with E-state index in [0.717, 1.165) is 17.4 Å². The van der Waals surface area contributed by atoms with Gasteiger partial charge in [0, 0.05) is 17.8 Å². The number of benzene rings is 1. The van der Waals surface area contributed by atoms with Crippen molar-refractivity contribution in [2.24, 2.45) is 0 Å². The number of hydrogen-bond donors (Lipinski definition) is 1. The largest absolute Gasteiger partial charge is 0.464 e. The predicted molar refractivity (Wildman–Crippen MR) is 77.7 cm³/mol. The molecule has 1 N–H and O–H groups in total. The third-order valence-corrected chi connectivity index (χ3v) is 3.35. The van der Waals surface area contributed by atoms with Crippen LogP contribution in [0.3, 0.4) is 0 Å². The maximum absolute atomic E-state index is 5.83. The lowest BCUT2D eigenvalue weighted by molar-refractivity contribution is 0.526. The van der Waals surface area contributed by atoms with Crippen LogP contribution >= 0.6 is 34.8 Å². The molecule has 1 aromatic heterocycles. The maximum Gasteiger partial charge on any atom is 0.192 e. The molecule has 0 aliphatic heterocycles. The monoisotopic (exact) mass is 305 g/mol. The first-order valence-electron chi connectivity index (χ1n) is 5.68. The number of fused-ring (bicyclic) bond motifs is 1. The average Bonchev–Trinajstić information content (AvgIpc) is 2.73. The van der Waals surface area contributed by atoms with Crippen molar-refractivity contribution in [1.29, 1.82) is 0 Å². The summed E-state index contributed by atoms with van der Waals surface area (Å²) in [7, 11) is 1.87. The Kier molecular flexibility index (Phi) is 4.44. The van der Waals surface area contributed by atoms with Crippen LogP contribution in [0.4, 0.5) is 0 Å². The Balaban J connectivity index is 2.10. The molecule has 0 bridgehead atoms. The zero-order valence-electron chi connectivity index (χ0n) is 9.92. The zero-order valence-corrected chi connectivity index (χ0v) is 12.2. The number of likely N-dealkylation sites (N-methyl/N-ethyl adjacent to an activating group) is 1. The minimum absolute atomic E-state index is 0.127. The van der Waals surface area contributed by atoms with E-state index < -0.39 is 3.79 Å². The van der Waals surface area contributed by atoms with Crippen LogP contribution < -0.4 is 5.32 Å². The highest BCUT2D eigenvalue weighted by Crippen LogP contribution is 2.32. The van der Waals surface area contributed by atoms with Gasteiger partial charge >= 0.3 is 0 Å². The summed E-state index contributed by atoms with van der Waals surface area (Å²) in [6, 6.07) is 8.17. The summed E-state index contributed by atoms with van der Waals surface area (Å²) in [6.07, 6.45) is 2.97. The molecule has 0 spiro atoms. The fourth-order valence-electron chi connectivity index (χ4n) is 1.98. The average molecular weight is 307 g/mol. The van der Waals surface area contributed by atoms with E-state index in [1.54, 1.807) is 6.26 Å². The van der Waals surface area contributed by atoms with E-state index in [1.165, 1.54) is 5.56 Å². The Morgan fingerprint density at radius 1 is 1.28 bits per heavy atom. The minimum atomic E-state index is -1.23. The van der Waals surface area contributed by atoms with E-state index in [4.69, 9.17) is 39.2 Å². The summed E-state index contributed by atoms with van der Waals surface area (Å²) in [6.45, 7) is 0. The van der Waals surface area contributed by atoms with Crippen LogP contribution in [-0.2, 0) is 6.42 Å². The first kappa shape index (κ1) is 14.0. The molecule has 1 unspecified atom stereocenters. The topological polar surface area (TPSA) is 25.2 Å². The second-order valence-electron chi connectivity index (χ2n) is 4.30. The number of halogens is 3. The van der Waals surface area contributed by atoms with Gasteiger partial charge in [-0.3, -0.25) is 0 Å². The van der Waals surface area contributed by atoms with E-state index in [1.807, 2.05) is 25.2 Å². The molecule has 2 aromatic rings. The highest BCUT2D eigenvalue weighted by Gasteiger charge is 2.24. The van der Waals surface area contributed by atoms with Gasteiger partial charge in [-0.25, -0.2) is 0 Å². The van der Waals surface area contributed by atoms with Crippen LogP contribution in [0, 0.1) is 0 Å². The standard InChI is InChI=1S/C13H14Cl3NO/c1-17-11(8-13(14,15)16)7-9-2-3-12-10(6-9)4-5-18-12/h2-6,11,17H,7-8H2,1H3. The second kappa shape index (κ2) is 5.70. The molecule has 0 saturated heterocycles. The fourth-order valence-corrected chi connectivity index (χ4v) is 2.54. The van der Waals surface area contributed by atoms with E-state index in [9.17, 15) is 0 Å². The third kappa shape index (κ3) is 3.79. The second-order valence-corrected chi connectivity index (χ2v) is 6.82. The maximum atomic E-state index is 5.83. The number of rotatable bonds is 4. The lowest BCUT2D eigenvalue weighted by atomic mass is 10.0. The minimum Gasteiger partial charge on any atom is -0.464 e. The Labute approximate surface area is 121 Å². The summed E-state index contributed by atoms with van der Waals surface area (Å²) in [5.74, 6) is 0. The van der Waals surface area contributed by atoms with Gasteiger partial charge in [-0.05, 0) is 37.2 Å². The normalized spacial score (nSPS) is 14.0. The van der Waals surface area contributed by atoms with Gasteiger partial charge in [0.15, 0.2) is 3.79 Å². The van der Waals surface area contributed by atoms with Gasteiger partial charge in [-0.1, -0.05) is 40.9 Å². The fraction of sp³-hybridized carbons (Fsp3) is 0.385. The predicted octanol–water partition coefficient (Wildman–Crippen LogP) is 4.32. The van der Waals surface area contributed by atoms with Crippen LogP contribution in [0.1, 0.15) is 12.0 Å². The summed E-state index contributed by atoms with van der Waals surface area (Å²) < 4.78 is 4.08. The quantitative estimate of drug-likeness (QED) is 0.851. The number of nitrogens with one attached hydrogen (secondary N) is 1. The SMILES string of the molecule is CNC(Cc1ccc2occc2c1)CC(Cl)(Cl)Cl. The number of furan rings is 1. The van der Waals surface area contributed by atoms with Crippen molar-refractivity contribution in [1.82, 2.24) is 5.32 Å². The molecule has 2 rings (SSSR count). The Morgan fingerprint density at radius 3 is 2.72 bits per heavy atom. The summed E-state index contributed by atoms with van der Waals surface area (Å²) in [5, 5.41) is 4.27. The Morgan fingerprint density at radius 2 is 2.06 bits per heavy atom. The smallest absolute Gasteiger partial charge is 0.192 e. The zero-order chi connectivity index (χ0) is 13.2. The van der Waals surface area contributed by atoms with Crippen molar-refractivity contribution in [3.05, 3.63) is 36.1 Å². The summed E-state index contributed by atoms with van der Waals surface area (Å²) >= 11 is 17.5. The lowest BCUT2D eigenvalue weighted by Crippen LogP contribution is -2.31. The molecule has 1 atom stereocenters. The Hall–Kier alpha value is -0.410. The molecule has 2 nitrogen and oxygen atoms in total. The van der Waals surface area contributed by atoms with Crippen molar-refractivity contribution in [3.8, 4) is 0 Å². The molecule has 18 heavy (non-hydrogen) atoms. The molecule has 1 aromatic carbocycles.